The maximum absolute atomic E-state index is 13.6. The van der Waals surface area contributed by atoms with Crippen molar-refractivity contribution in [2.24, 2.45) is 0 Å². The Labute approximate surface area is 212 Å². The molecule has 0 bridgehead atoms. The highest BCUT2D eigenvalue weighted by molar-refractivity contribution is 7.92. The highest BCUT2D eigenvalue weighted by Gasteiger charge is 2.33. The van der Waals surface area contributed by atoms with Crippen LogP contribution in [0.1, 0.15) is 39.7 Å². The van der Waals surface area contributed by atoms with Crippen LogP contribution >= 0.6 is 0 Å². The van der Waals surface area contributed by atoms with Gasteiger partial charge in [0.25, 0.3) is 5.69 Å². The first-order valence-corrected chi connectivity index (χ1v) is 13.5. The lowest BCUT2D eigenvalue weighted by atomic mass is 10.1. The molecule has 0 saturated carbocycles. The van der Waals surface area contributed by atoms with Gasteiger partial charge in [-0.05, 0) is 45.2 Å². The first-order valence-electron chi connectivity index (χ1n) is 11.6. The zero-order chi connectivity index (χ0) is 27.1. The van der Waals surface area contributed by atoms with Crippen LogP contribution in [-0.4, -0.2) is 61.0 Å². The van der Waals surface area contributed by atoms with Crippen LogP contribution in [0, 0.1) is 10.1 Å². The summed E-state index contributed by atoms with van der Waals surface area (Å²) in [6.07, 6.45) is 1.71. The molecular formula is C25H34N4O6S. The number of nitro groups is 1. The number of hydrogen-bond donors (Lipinski definition) is 1. The van der Waals surface area contributed by atoms with Crippen molar-refractivity contribution in [2.45, 2.75) is 52.1 Å². The zero-order valence-corrected chi connectivity index (χ0v) is 22.1. The summed E-state index contributed by atoms with van der Waals surface area (Å²) in [7, 11) is -3.97. The summed E-state index contributed by atoms with van der Waals surface area (Å²) in [6.45, 7) is 6.87. The number of nitro benzene ring substituents is 1. The summed E-state index contributed by atoms with van der Waals surface area (Å²) in [6, 6.07) is 13.7. The molecule has 2 rings (SSSR count). The Morgan fingerprint density at radius 2 is 1.72 bits per heavy atom. The van der Waals surface area contributed by atoms with Crippen LogP contribution in [0.25, 0.3) is 0 Å². The van der Waals surface area contributed by atoms with E-state index in [2.05, 4.69) is 5.32 Å². The predicted octanol–water partition coefficient (Wildman–Crippen LogP) is 3.13. The molecule has 10 nitrogen and oxygen atoms in total. The third-order valence-electron chi connectivity index (χ3n) is 5.38. The van der Waals surface area contributed by atoms with Crippen molar-refractivity contribution in [2.75, 3.05) is 23.7 Å². The Bertz CT molecular complexity index is 1180. The third-order valence-corrected chi connectivity index (χ3v) is 6.52. The molecule has 0 spiro atoms. The van der Waals surface area contributed by atoms with Crippen LogP contribution in [0.15, 0.2) is 54.6 Å². The molecule has 0 aliphatic carbocycles. The molecule has 0 radical (unpaired) electrons. The quantitative estimate of drug-likeness (QED) is 0.359. The van der Waals surface area contributed by atoms with Gasteiger partial charge >= 0.3 is 0 Å². The number of rotatable bonds is 11. The Hall–Kier alpha value is -3.47. The summed E-state index contributed by atoms with van der Waals surface area (Å²) in [4.78, 5) is 38.7. The van der Waals surface area contributed by atoms with Crippen molar-refractivity contribution in [3.05, 3.63) is 70.3 Å². The van der Waals surface area contributed by atoms with E-state index in [0.717, 1.165) is 22.2 Å². The van der Waals surface area contributed by atoms with Crippen molar-refractivity contribution in [1.82, 2.24) is 10.2 Å². The van der Waals surface area contributed by atoms with E-state index in [-0.39, 0.29) is 23.8 Å². The lowest BCUT2D eigenvalue weighted by molar-refractivity contribution is -0.384. The molecule has 0 unspecified atom stereocenters. The van der Waals surface area contributed by atoms with Crippen molar-refractivity contribution < 1.29 is 22.9 Å². The van der Waals surface area contributed by atoms with Gasteiger partial charge in [0.2, 0.25) is 21.8 Å². The van der Waals surface area contributed by atoms with E-state index in [9.17, 15) is 28.1 Å². The van der Waals surface area contributed by atoms with E-state index in [1.165, 1.54) is 23.1 Å². The predicted molar refractivity (Wildman–Crippen MR) is 139 cm³/mol. The first-order chi connectivity index (χ1) is 16.7. The number of carbonyl (C=O) groups is 2. The monoisotopic (exact) mass is 518 g/mol. The summed E-state index contributed by atoms with van der Waals surface area (Å²) < 4.78 is 26.1. The molecule has 1 atom stereocenters. The minimum Gasteiger partial charge on any atom is -0.350 e. The van der Waals surface area contributed by atoms with Gasteiger partial charge in [-0.2, -0.15) is 0 Å². The molecule has 1 N–H and O–H groups in total. The fourth-order valence-corrected chi connectivity index (χ4v) is 4.57. The van der Waals surface area contributed by atoms with Gasteiger partial charge in [0.05, 0.1) is 16.9 Å². The molecular weight excluding hydrogens is 484 g/mol. The molecule has 0 aliphatic heterocycles. The molecule has 36 heavy (non-hydrogen) atoms. The number of non-ortho nitro benzene ring substituents is 1. The minimum atomic E-state index is -3.97. The van der Waals surface area contributed by atoms with Crippen molar-refractivity contribution >= 4 is 33.2 Å². The zero-order valence-electron chi connectivity index (χ0n) is 21.3. The number of anilines is 1. The Balaban J connectivity index is 2.42. The molecule has 196 valence electrons. The highest BCUT2D eigenvalue weighted by atomic mass is 32.2. The number of amides is 2. The fourth-order valence-electron chi connectivity index (χ4n) is 3.72. The van der Waals surface area contributed by atoms with Gasteiger partial charge in [-0.3, -0.25) is 24.0 Å². The largest absolute Gasteiger partial charge is 0.350 e. The van der Waals surface area contributed by atoms with Gasteiger partial charge in [-0.15, -0.1) is 0 Å². The van der Waals surface area contributed by atoms with E-state index in [1.54, 1.807) is 6.92 Å². The van der Waals surface area contributed by atoms with E-state index in [0.29, 0.717) is 12.8 Å². The van der Waals surface area contributed by atoms with Gasteiger partial charge in [0.15, 0.2) is 0 Å². The summed E-state index contributed by atoms with van der Waals surface area (Å²) in [5.74, 6) is -0.925. The molecule has 0 saturated heterocycles. The second kappa shape index (κ2) is 12.0. The minimum absolute atomic E-state index is 0.00440. The number of sulfonamides is 1. The molecule has 11 heteroatoms. The maximum atomic E-state index is 13.6. The average molecular weight is 519 g/mol. The van der Waals surface area contributed by atoms with Gasteiger partial charge in [-0.25, -0.2) is 8.42 Å². The Morgan fingerprint density at radius 1 is 1.08 bits per heavy atom. The SMILES string of the molecule is CC[C@@H](C(=O)NC(C)(C)C)N(CCc1ccccc1)C(=O)CN(c1cccc([N+](=O)[O-])c1)S(C)(=O)=O. The lowest BCUT2D eigenvalue weighted by Crippen LogP contribution is -2.56. The number of hydrogen-bond acceptors (Lipinski definition) is 6. The Kier molecular flexibility index (Phi) is 9.57. The van der Waals surface area contributed by atoms with E-state index in [4.69, 9.17) is 0 Å². The summed E-state index contributed by atoms with van der Waals surface area (Å²) >= 11 is 0. The first kappa shape index (κ1) is 28.8. The molecule has 0 heterocycles. The van der Waals surface area contributed by atoms with Crippen LogP contribution in [-0.2, 0) is 26.0 Å². The number of carbonyl (C=O) groups excluding carboxylic acids is 2. The van der Waals surface area contributed by atoms with Crippen LogP contribution < -0.4 is 9.62 Å². The van der Waals surface area contributed by atoms with Crippen LogP contribution in [0.3, 0.4) is 0 Å². The second-order valence-corrected chi connectivity index (χ2v) is 11.4. The number of nitrogens with one attached hydrogen (secondary N) is 1. The van der Waals surface area contributed by atoms with Crippen LogP contribution in [0.4, 0.5) is 11.4 Å². The summed E-state index contributed by atoms with van der Waals surface area (Å²) in [5, 5.41) is 14.1. The van der Waals surface area contributed by atoms with Gasteiger partial charge in [-0.1, -0.05) is 43.3 Å². The molecule has 0 fully saturated rings. The lowest BCUT2D eigenvalue weighted by Gasteiger charge is -2.34. The normalized spacial score (nSPS) is 12.5. The number of nitrogens with zero attached hydrogens (tertiary/aromatic N) is 3. The highest BCUT2D eigenvalue weighted by Crippen LogP contribution is 2.24. The molecule has 0 aromatic heterocycles. The Morgan fingerprint density at radius 3 is 2.25 bits per heavy atom. The topological polar surface area (TPSA) is 130 Å². The third kappa shape index (κ3) is 8.33. The average Bonchev–Trinajstić information content (AvgIpc) is 2.78. The standard InChI is InChI=1S/C25H34N4O6S/c1-6-22(24(31)26-25(2,3)4)27(16-15-19-11-8-7-9-12-19)23(30)18-28(36(5,34)35)20-13-10-14-21(17-20)29(32)33/h7-14,17,22H,6,15-16,18H2,1-5H3,(H,26,31)/t22-/m0/s1. The number of benzene rings is 2. The van der Waals surface area contributed by atoms with Crippen LogP contribution in [0.2, 0.25) is 0 Å². The fraction of sp³-hybridized carbons (Fsp3) is 0.440. The van der Waals surface area contributed by atoms with Crippen molar-refractivity contribution in [3.8, 4) is 0 Å². The van der Waals surface area contributed by atoms with E-state index >= 15 is 0 Å². The van der Waals surface area contributed by atoms with Crippen molar-refractivity contribution in [1.29, 1.82) is 0 Å². The van der Waals surface area contributed by atoms with E-state index in [1.807, 2.05) is 51.1 Å². The molecule has 2 aromatic carbocycles. The van der Waals surface area contributed by atoms with E-state index < -0.39 is 39.0 Å². The van der Waals surface area contributed by atoms with Gasteiger partial charge in [0.1, 0.15) is 12.6 Å². The van der Waals surface area contributed by atoms with Gasteiger partial charge < -0.3 is 10.2 Å². The maximum Gasteiger partial charge on any atom is 0.271 e. The smallest absolute Gasteiger partial charge is 0.271 e. The van der Waals surface area contributed by atoms with Gasteiger partial charge in [0, 0.05) is 24.2 Å². The molecule has 2 amide bonds. The molecule has 2 aromatic rings. The molecule has 0 aliphatic rings. The second-order valence-electron chi connectivity index (χ2n) is 9.53. The van der Waals surface area contributed by atoms with Crippen LogP contribution in [0.5, 0.6) is 0 Å². The summed E-state index contributed by atoms with van der Waals surface area (Å²) in [5.41, 5.74) is 0.126. The van der Waals surface area contributed by atoms with Crippen molar-refractivity contribution in [3.63, 3.8) is 0 Å².